The number of anilines is 1. The van der Waals surface area contributed by atoms with Gasteiger partial charge in [-0.3, -0.25) is 4.79 Å². The van der Waals surface area contributed by atoms with Crippen LogP contribution in [0.15, 0.2) is 23.6 Å². The van der Waals surface area contributed by atoms with Gasteiger partial charge in [-0.25, -0.2) is 4.98 Å². The third kappa shape index (κ3) is 6.81. The van der Waals surface area contributed by atoms with Gasteiger partial charge < -0.3 is 11.1 Å². The molecule has 0 aliphatic carbocycles. The molecule has 3 N–H and O–H groups in total. The van der Waals surface area contributed by atoms with Crippen molar-refractivity contribution in [2.24, 2.45) is 5.73 Å². The van der Waals surface area contributed by atoms with Crippen LogP contribution < -0.4 is 11.1 Å². The summed E-state index contributed by atoms with van der Waals surface area (Å²) in [6.07, 6.45) is -3.69. The summed E-state index contributed by atoms with van der Waals surface area (Å²) >= 11 is 1.45. The lowest BCUT2D eigenvalue weighted by Gasteiger charge is -2.12. The molecule has 4 nitrogen and oxygen atoms in total. The maximum Gasteiger partial charge on any atom is 0.416 e. The number of halogens is 5. The topological polar surface area (TPSA) is 68.0 Å². The van der Waals surface area contributed by atoms with Crippen LogP contribution in [0.2, 0.25) is 0 Å². The number of nitrogens with one attached hydrogen (secondary N) is 1. The van der Waals surface area contributed by atoms with Crippen molar-refractivity contribution >= 4 is 47.7 Å². The van der Waals surface area contributed by atoms with E-state index in [1.165, 1.54) is 17.4 Å². The number of hydrogen-bond donors (Lipinski definition) is 2. The molecule has 1 aromatic heterocycles. The Labute approximate surface area is 159 Å². The van der Waals surface area contributed by atoms with Gasteiger partial charge in [-0.05, 0) is 30.2 Å². The second-order valence-corrected chi connectivity index (χ2v) is 5.87. The molecule has 1 aromatic carbocycles. The fourth-order valence-corrected chi connectivity index (χ4v) is 2.75. The summed E-state index contributed by atoms with van der Waals surface area (Å²) in [5, 5.41) is 5.16. The molecule has 10 heteroatoms. The molecule has 140 valence electrons. The highest BCUT2D eigenvalue weighted by Gasteiger charge is 2.31. The van der Waals surface area contributed by atoms with Gasteiger partial charge in [0.1, 0.15) is 0 Å². The molecule has 0 radical (unpaired) electrons. The lowest BCUT2D eigenvalue weighted by atomic mass is 10.1. The second kappa shape index (κ2) is 9.96. The van der Waals surface area contributed by atoms with E-state index >= 15 is 0 Å². The highest BCUT2D eigenvalue weighted by molar-refractivity contribution is 7.09. The zero-order valence-corrected chi connectivity index (χ0v) is 15.7. The normalized spacial score (nSPS) is 10.6. The predicted molar refractivity (Wildman–Crippen MR) is 97.7 cm³/mol. The van der Waals surface area contributed by atoms with Gasteiger partial charge in [0.2, 0.25) is 5.91 Å². The van der Waals surface area contributed by atoms with Crippen LogP contribution in [0.1, 0.15) is 28.8 Å². The molecule has 0 aliphatic heterocycles. The van der Waals surface area contributed by atoms with Crippen LogP contribution in [-0.2, 0) is 30.4 Å². The number of benzene rings is 1. The standard InChI is InChI=1S/C15H16F3N3OS.2ClH/c1-2-14-21-12(8-23-14)6-13(22)20-11-4-9(7-19)3-10(5-11)15(16,17)18;;/h3-5,8H,2,6-7,19H2,1H3,(H,20,22);2*1H. The minimum Gasteiger partial charge on any atom is -0.326 e. The molecule has 2 rings (SSSR count). The molecule has 1 heterocycles. The quantitative estimate of drug-likeness (QED) is 0.768. The number of carbonyl (C=O) groups excluding carboxylic acids is 1. The van der Waals surface area contributed by atoms with Crippen LogP contribution in [0, 0.1) is 0 Å². The van der Waals surface area contributed by atoms with Crippen molar-refractivity contribution in [1.29, 1.82) is 0 Å². The Kier molecular flexibility index (Phi) is 9.42. The summed E-state index contributed by atoms with van der Waals surface area (Å²) in [7, 11) is 0. The van der Waals surface area contributed by atoms with Crippen LogP contribution in [0.25, 0.3) is 0 Å². The smallest absolute Gasteiger partial charge is 0.326 e. The summed E-state index contributed by atoms with van der Waals surface area (Å²) in [5.41, 5.74) is 5.57. The first-order valence-electron chi connectivity index (χ1n) is 6.96. The Morgan fingerprint density at radius 2 is 1.96 bits per heavy atom. The number of nitrogens with zero attached hydrogens (tertiary/aromatic N) is 1. The summed E-state index contributed by atoms with van der Waals surface area (Å²) in [6.45, 7) is 1.92. The molecule has 0 spiro atoms. The first-order valence-corrected chi connectivity index (χ1v) is 7.84. The SMILES string of the molecule is CCc1nc(CC(=O)Nc2cc(CN)cc(C(F)(F)F)c2)cs1.Cl.Cl. The number of rotatable bonds is 5. The molecule has 0 aliphatic rings. The number of amides is 1. The highest BCUT2D eigenvalue weighted by Crippen LogP contribution is 2.32. The third-order valence-corrected chi connectivity index (χ3v) is 4.12. The van der Waals surface area contributed by atoms with E-state index in [1.807, 2.05) is 6.92 Å². The molecule has 0 fully saturated rings. The largest absolute Gasteiger partial charge is 0.416 e. The summed E-state index contributed by atoms with van der Waals surface area (Å²) < 4.78 is 38.5. The molecule has 0 unspecified atom stereocenters. The van der Waals surface area contributed by atoms with Crippen molar-refractivity contribution in [3.8, 4) is 0 Å². The monoisotopic (exact) mass is 415 g/mol. The van der Waals surface area contributed by atoms with Crippen molar-refractivity contribution < 1.29 is 18.0 Å². The van der Waals surface area contributed by atoms with Gasteiger partial charge in [-0.15, -0.1) is 36.2 Å². The Balaban J connectivity index is 0.00000288. The maximum absolute atomic E-state index is 12.8. The molecule has 0 saturated carbocycles. The Morgan fingerprint density at radius 1 is 1.28 bits per heavy atom. The fraction of sp³-hybridized carbons (Fsp3) is 0.333. The van der Waals surface area contributed by atoms with Crippen molar-refractivity contribution in [1.82, 2.24) is 4.98 Å². The number of aromatic nitrogens is 1. The van der Waals surface area contributed by atoms with E-state index in [-0.39, 0.29) is 43.5 Å². The van der Waals surface area contributed by atoms with Crippen LogP contribution in [-0.4, -0.2) is 10.9 Å². The lowest BCUT2D eigenvalue weighted by molar-refractivity contribution is -0.137. The van der Waals surface area contributed by atoms with Gasteiger partial charge in [0.05, 0.1) is 22.7 Å². The van der Waals surface area contributed by atoms with E-state index in [9.17, 15) is 18.0 Å². The van der Waals surface area contributed by atoms with Gasteiger partial charge in [-0.1, -0.05) is 6.92 Å². The number of thiazole rings is 1. The fourth-order valence-electron chi connectivity index (χ4n) is 2.01. The number of carbonyl (C=O) groups is 1. The van der Waals surface area contributed by atoms with Gasteiger partial charge in [0.15, 0.2) is 0 Å². The summed E-state index contributed by atoms with van der Waals surface area (Å²) in [6, 6.07) is 3.31. The van der Waals surface area contributed by atoms with E-state index in [4.69, 9.17) is 5.73 Å². The van der Waals surface area contributed by atoms with Gasteiger partial charge >= 0.3 is 6.18 Å². The van der Waals surface area contributed by atoms with E-state index in [2.05, 4.69) is 10.3 Å². The zero-order chi connectivity index (χ0) is 17.0. The van der Waals surface area contributed by atoms with Crippen LogP contribution in [0.5, 0.6) is 0 Å². The van der Waals surface area contributed by atoms with Gasteiger partial charge in [0, 0.05) is 17.6 Å². The predicted octanol–water partition coefficient (Wildman–Crippen LogP) is 4.21. The average molecular weight is 416 g/mol. The number of alkyl halides is 3. The summed E-state index contributed by atoms with van der Waals surface area (Å²) in [4.78, 5) is 16.2. The van der Waals surface area contributed by atoms with Crippen LogP contribution in [0.3, 0.4) is 0 Å². The number of aryl methyl sites for hydroxylation is 1. The van der Waals surface area contributed by atoms with Gasteiger partial charge in [-0.2, -0.15) is 13.2 Å². The first kappa shape index (κ1) is 23.6. The third-order valence-electron chi connectivity index (χ3n) is 3.08. The summed E-state index contributed by atoms with van der Waals surface area (Å²) in [5.74, 6) is -0.416. The zero-order valence-electron chi connectivity index (χ0n) is 13.2. The van der Waals surface area contributed by atoms with Crippen molar-refractivity contribution in [2.45, 2.75) is 32.5 Å². The number of hydrogen-bond acceptors (Lipinski definition) is 4. The molecule has 1 amide bonds. The lowest BCUT2D eigenvalue weighted by Crippen LogP contribution is -2.16. The molecule has 25 heavy (non-hydrogen) atoms. The Hall–Kier alpha value is -1.35. The van der Waals surface area contributed by atoms with Crippen LogP contribution in [0.4, 0.5) is 18.9 Å². The van der Waals surface area contributed by atoms with E-state index in [0.29, 0.717) is 11.3 Å². The average Bonchev–Trinajstić information content (AvgIpc) is 2.93. The second-order valence-electron chi connectivity index (χ2n) is 4.93. The minimum atomic E-state index is -4.49. The van der Waals surface area contributed by atoms with Gasteiger partial charge in [0.25, 0.3) is 0 Å². The van der Waals surface area contributed by atoms with E-state index in [1.54, 1.807) is 5.38 Å². The van der Waals surface area contributed by atoms with E-state index < -0.39 is 17.6 Å². The van der Waals surface area contributed by atoms with Crippen molar-refractivity contribution in [2.75, 3.05) is 5.32 Å². The van der Waals surface area contributed by atoms with Crippen molar-refractivity contribution in [3.63, 3.8) is 0 Å². The maximum atomic E-state index is 12.8. The molecule has 2 aromatic rings. The molecule has 0 atom stereocenters. The van der Waals surface area contributed by atoms with E-state index in [0.717, 1.165) is 23.6 Å². The Bertz CT molecular complexity index is 708. The van der Waals surface area contributed by atoms with Crippen molar-refractivity contribution in [3.05, 3.63) is 45.4 Å². The minimum absolute atomic E-state index is 0. The number of nitrogens with two attached hydrogens (primary N) is 1. The molecular formula is C15H18Cl2F3N3OS. The molecule has 0 saturated heterocycles. The van der Waals surface area contributed by atoms with Crippen LogP contribution >= 0.6 is 36.2 Å². The Morgan fingerprint density at radius 3 is 2.48 bits per heavy atom. The molecular weight excluding hydrogens is 398 g/mol. The molecule has 0 bridgehead atoms. The highest BCUT2D eigenvalue weighted by atomic mass is 35.5. The first-order chi connectivity index (χ1) is 10.8.